The summed E-state index contributed by atoms with van der Waals surface area (Å²) in [4.78, 5) is 13.0. The molecule has 7 nitrogen and oxygen atoms in total. The highest BCUT2D eigenvalue weighted by Crippen LogP contribution is 2.32. The van der Waals surface area contributed by atoms with E-state index in [-0.39, 0.29) is 6.61 Å². The van der Waals surface area contributed by atoms with Gasteiger partial charge in [0.25, 0.3) is 0 Å². The van der Waals surface area contributed by atoms with Gasteiger partial charge in [-0.2, -0.15) is 0 Å². The second-order valence-corrected chi connectivity index (χ2v) is 8.41. The Morgan fingerprint density at radius 2 is 1.73 bits per heavy atom. The molecule has 2 fully saturated rings. The quantitative estimate of drug-likeness (QED) is 0.587. The van der Waals surface area contributed by atoms with Gasteiger partial charge in [0, 0.05) is 67.5 Å². The van der Waals surface area contributed by atoms with Gasteiger partial charge in [-0.1, -0.05) is 24.0 Å². The summed E-state index contributed by atoms with van der Waals surface area (Å²) in [5.74, 6) is 6.13. The summed E-state index contributed by atoms with van der Waals surface area (Å²) in [6, 6.07) is 10.9. The number of anilines is 1. The SMILES string of the molecule is OCCC#Cc1cnc2[nH]c(-c3ccc(N4CCOCC4)cc3)c(CN3CCOCC3)c2c1. The Hall–Kier alpha value is -2.89. The first kappa shape index (κ1) is 21.9. The average molecular weight is 447 g/mol. The predicted octanol–water partition coefficient (Wildman–Crippen LogP) is 2.63. The fourth-order valence-corrected chi connectivity index (χ4v) is 4.47. The van der Waals surface area contributed by atoms with Crippen LogP contribution in [-0.4, -0.2) is 79.2 Å². The molecule has 0 aliphatic carbocycles. The Kier molecular flexibility index (Phi) is 6.89. The number of hydrogen-bond acceptors (Lipinski definition) is 6. The Bertz CT molecular complexity index is 1130. The molecule has 7 heteroatoms. The maximum Gasteiger partial charge on any atom is 0.138 e. The summed E-state index contributed by atoms with van der Waals surface area (Å²) in [5, 5.41) is 10.1. The smallest absolute Gasteiger partial charge is 0.138 e. The first-order valence-electron chi connectivity index (χ1n) is 11.7. The summed E-state index contributed by atoms with van der Waals surface area (Å²) < 4.78 is 11.0. The number of nitrogens with one attached hydrogen (secondary N) is 1. The lowest BCUT2D eigenvalue weighted by Gasteiger charge is -2.29. The third-order valence-corrected chi connectivity index (χ3v) is 6.25. The van der Waals surface area contributed by atoms with Crippen LogP contribution in [0.25, 0.3) is 22.3 Å². The highest BCUT2D eigenvalue weighted by molar-refractivity contribution is 5.89. The van der Waals surface area contributed by atoms with E-state index in [2.05, 4.69) is 61.9 Å². The molecule has 2 saturated heterocycles. The molecule has 0 spiro atoms. The summed E-state index contributed by atoms with van der Waals surface area (Å²) in [5.41, 5.74) is 6.47. The number of morpholine rings is 2. The molecule has 2 aromatic heterocycles. The number of rotatable bonds is 5. The van der Waals surface area contributed by atoms with E-state index in [0.29, 0.717) is 6.42 Å². The summed E-state index contributed by atoms with van der Waals surface area (Å²) >= 11 is 0. The van der Waals surface area contributed by atoms with Crippen LogP contribution in [0.2, 0.25) is 0 Å². The van der Waals surface area contributed by atoms with Crippen molar-refractivity contribution in [2.45, 2.75) is 13.0 Å². The lowest BCUT2D eigenvalue weighted by atomic mass is 10.0. The van der Waals surface area contributed by atoms with Crippen molar-refractivity contribution in [3.05, 3.63) is 47.7 Å². The van der Waals surface area contributed by atoms with Crippen LogP contribution in [0.15, 0.2) is 36.5 Å². The summed E-state index contributed by atoms with van der Waals surface area (Å²) in [6.45, 7) is 7.70. The van der Waals surface area contributed by atoms with E-state index in [1.807, 2.05) is 0 Å². The molecule has 0 bridgehead atoms. The Balaban J connectivity index is 1.50. The lowest BCUT2D eigenvalue weighted by Crippen LogP contribution is -2.36. The van der Waals surface area contributed by atoms with Crippen LogP contribution in [0.1, 0.15) is 17.5 Å². The van der Waals surface area contributed by atoms with Crippen LogP contribution < -0.4 is 4.90 Å². The molecule has 172 valence electrons. The molecule has 2 N–H and O–H groups in total. The van der Waals surface area contributed by atoms with E-state index < -0.39 is 0 Å². The normalized spacial score (nSPS) is 17.2. The van der Waals surface area contributed by atoms with E-state index in [0.717, 1.165) is 87.0 Å². The number of aliphatic hydroxyl groups is 1. The zero-order valence-corrected chi connectivity index (χ0v) is 18.8. The van der Waals surface area contributed by atoms with Crippen LogP contribution >= 0.6 is 0 Å². The van der Waals surface area contributed by atoms with Gasteiger partial charge in [-0.25, -0.2) is 4.98 Å². The van der Waals surface area contributed by atoms with Crippen molar-refractivity contribution in [1.82, 2.24) is 14.9 Å². The van der Waals surface area contributed by atoms with E-state index in [1.165, 1.54) is 11.3 Å². The number of aromatic amines is 1. The zero-order valence-electron chi connectivity index (χ0n) is 18.8. The zero-order chi connectivity index (χ0) is 22.5. The Morgan fingerprint density at radius 1 is 1.00 bits per heavy atom. The minimum absolute atomic E-state index is 0.0692. The number of H-pyrrole nitrogens is 1. The fourth-order valence-electron chi connectivity index (χ4n) is 4.47. The summed E-state index contributed by atoms with van der Waals surface area (Å²) in [7, 11) is 0. The lowest BCUT2D eigenvalue weighted by molar-refractivity contribution is 0.0344. The van der Waals surface area contributed by atoms with Gasteiger partial charge in [-0.15, -0.1) is 0 Å². The highest BCUT2D eigenvalue weighted by Gasteiger charge is 2.20. The minimum atomic E-state index is 0.0692. The second kappa shape index (κ2) is 10.4. The summed E-state index contributed by atoms with van der Waals surface area (Å²) in [6.07, 6.45) is 2.26. The van der Waals surface area contributed by atoms with Crippen molar-refractivity contribution in [2.24, 2.45) is 0 Å². The van der Waals surface area contributed by atoms with Crippen molar-refractivity contribution < 1.29 is 14.6 Å². The second-order valence-electron chi connectivity index (χ2n) is 8.41. The molecule has 0 unspecified atom stereocenters. The van der Waals surface area contributed by atoms with Gasteiger partial charge in [-0.05, 0) is 23.8 Å². The van der Waals surface area contributed by atoms with Gasteiger partial charge >= 0.3 is 0 Å². The number of hydrogen-bond donors (Lipinski definition) is 2. The standard InChI is InChI=1S/C26H30N4O3/c31-12-2-1-3-20-17-23-24(19-29-8-13-32-14-9-29)25(28-26(23)27-18-20)21-4-6-22(7-5-21)30-10-15-33-16-11-30/h4-7,17-18,31H,2,8-16,19H2,(H,27,28). The molecule has 33 heavy (non-hydrogen) atoms. The maximum atomic E-state index is 9.03. The predicted molar refractivity (Wildman–Crippen MR) is 129 cm³/mol. The van der Waals surface area contributed by atoms with Gasteiger partial charge in [0.05, 0.1) is 38.7 Å². The Labute approximate surface area is 194 Å². The molecule has 4 heterocycles. The van der Waals surface area contributed by atoms with Crippen molar-refractivity contribution in [3.8, 4) is 23.1 Å². The monoisotopic (exact) mass is 446 g/mol. The molecule has 3 aromatic rings. The van der Waals surface area contributed by atoms with Crippen LogP contribution in [0.5, 0.6) is 0 Å². The van der Waals surface area contributed by atoms with E-state index in [1.54, 1.807) is 6.20 Å². The molecule has 2 aliphatic heterocycles. The molecular formula is C26H30N4O3. The van der Waals surface area contributed by atoms with Crippen molar-refractivity contribution in [3.63, 3.8) is 0 Å². The topological polar surface area (TPSA) is 73.9 Å². The number of aliphatic hydroxyl groups excluding tert-OH is 1. The van der Waals surface area contributed by atoms with Crippen molar-refractivity contribution >= 4 is 16.7 Å². The molecule has 0 saturated carbocycles. The molecule has 2 aliphatic rings. The van der Waals surface area contributed by atoms with Gasteiger partial charge < -0.3 is 24.5 Å². The molecule has 0 amide bonds. The molecule has 0 radical (unpaired) electrons. The van der Waals surface area contributed by atoms with Crippen LogP contribution in [0, 0.1) is 11.8 Å². The van der Waals surface area contributed by atoms with Gasteiger partial charge in [-0.3, -0.25) is 4.90 Å². The van der Waals surface area contributed by atoms with E-state index in [9.17, 15) is 0 Å². The van der Waals surface area contributed by atoms with E-state index in [4.69, 9.17) is 14.6 Å². The first-order chi connectivity index (χ1) is 16.3. The molecule has 1 aromatic carbocycles. The number of nitrogens with zero attached hydrogens (tertiary/aromatic N) is 3. The minimum Gasteiger partial charge on any atom is -0.395 e. The number of pyridine rings is 1. The largest absolute Gasteiger partial charge is 0.395 e. The fraction of sp³-hybridized carbons (Fsp3) is 0.423. The van der Waals surface area contributed by atoms with Gasteiger partial charge in [0.1, 0.15) is 5.65 Å². The maximum absolute atomic E-state index is 9.03. The van der Waals surface area contributed by atoms with Crippen LogP contribution in [0.4, 0.5) is 5.69 Å². The highest BCUT2D eigenvalue weighted by atomic mass is 16.5. The average Bonchev–Trinajstić information content (AvgIpc) is 3.23. The number of aromatic nitrogens is 2. The molecule has 0 atom stereocenters. The van der Waals surface area contributed by atoms with Crippen LogP contribution in [0.3, 0.4) is 0 Å². The van der Waals surface area contributed by atoms with Gasteiger partial charge in [0.15, 0.2) is 0 Å². The van der Waals surface area contributed by atoms with Crippen LogP contribution in [-0.2, 0) is 16.0 Å². The molecule has 5 rings (SSSR count). The van der Waals surface area contributed by atoms with Crippen molar-refractivity contribution in [1.29, 1.82) is 0 Å². The first-order valence-corrected chi connectivity index (χ1v) is 11.7. The Morgan fingerprint density at radius 3 is 2.45 bits per heavy atom. The number of ether oxygens (including phenoxy) is 2. The van der Waals surface area contributed by atoms with Gasteiger partial charge in [0.2, 0.25) is 0 Å². The third-order valence-electron chi connectivity index (χ3n) is 6.25. The number of fused-ring (bicyclic) bond motifs is 1. The van der Waals surface area contributed by atoms with E-state index >= 15 is 0 Å². The number of benzene rings is 1. The van der Waals surface area contributed by atoms with Crippen molar-refractivity contribution in [2.75, 3.05) is 64.1 Å². The molecular weight excluding hydrogens is 416 g/mol. The third kappa shape index (κ3) is 5.05.